The van der Waals surface area contributed by atoms with Crippen LogP contribution in [0.5, 0.6) is 0 Å². The van der Waals surface area contributed by atoms with Gasteiger partial charge in [0.25, 0.3) is 0 Å². The first kappa shape index (κ1) is 11.1. The third-order valence-corrected chi connectivity index (χ3v) is 2.53. The lowest BCUT2D eigenvalue weighted by Crippen LogP contribution is -2.18. The number of nitrogens with two attached hydrogens (primary N) is 1. The van der Waals surface area contributed by atoms with Crippen molar-refractivity contribution in [2.24, 2.45) is 11.7 Å². The molecule has 0 aliphatic carbocycles. The summed E-state index contributed by atoms with van der Waals surface area (Å²) in [6.07, 6.45) is 0.888. The first-order valence-electron chi connectivity index (χ1n) is 4.76. The zero-order valence-corrected chi connectivity index (χ0v) is 8.43. The normalized spacial score (nSPS) is 15.2. The average molecular weight is 199 g/mol. The van der Waals surface area contributed by atoms with E-state index in [0.29, 0.717) is 5.56 Å². The Balaban J connectivity index is 2.94. The van der Waals surface area contributed by atoms with Gasteiger partial charge in [-0.25, -0.2) is 8.78 Å². The highest BCUT2D eigenvalue weighted by molar-refractivity contribution is 5.21. The number of hydrogen-bond donors (Lipinski definition) is 1. The smallest absolute Gasteiger partial charge is 0.126 e. The van der Waals surface area contributed by atoms with Crippen molar-refractivity contribution in [1.29, 1.82) is 0 Å². The van der Waals surface area contributed by atoms with Crippen LogP contribution in [0, 0.1) is 17.6 Å². The van der Waals surface area contributed by atoms with Crippen LogP contribution in [-0.4, -0.2) is 0 Å². The summed E-state index contributed by atoms with van der Waals surface area (Å²) < 4.78 is 25.7. The Morgan fingerprint density at radius 3 is 2.14 bits per heavy atom. The van der Waals surface area contributed by atoms with Crippen LogP contribution in [0.1, 0.15) is 31.9 Å². The molecule has 0 spiro atoms. The van der Waals surface area contributed by atoms with Gasteiger partial charge in [-0.3, -0.25) is 0 Å². The zero-order valence-electron chi connectivity index (χ0n) is 8.43. The third-order valence-electron chi connectivity index (χ3n) is 2.53. The molecule has 0 bridgehead atoms. The zero-order chi connectivity index (χ0) is 10.7. The third kappa shape index (κ3) is 2.51. The van der Waals surface area contributed by atoms with Crippen molar-refractivity contribution in [1.82, 2.24) is 0 Å². The van der Waals surface area contributed by atoms with Crippen LogP contribution in [0.4, 0.5) is 8.78 Å². The maximum Gasteiger partial charge on any atom is 0.126 e. The lowest BCUT2D eigenvalue weighted by atomic mass is 9.93. The highest BCUT2D eigenvalue weighted by Crippen LogP contribution is 2.23. The molecule has 0 fully saturated rings. The van der Waals surface area contributed by atoms with E-state index in [4.69, 9.17) is 5.73 Å². The highest BCUT2D eigenvalue weighted by atomic mass is 19.1. The summed E-state index contributed by atoms with van der Waals surface area (Å²) in [7, 11) is 0. The van der Waals surface area contributed by atoms with Gasteiger partial charge in [0.05, 0.1) is 0 Å². The van der Waals surface area contributed by atoms with Gasteiger partial charge in [0, 0.05) is 12.1 Å². The number of rotatable bonds is 3. The second-order valence-electron chi connectivity index (χ2n) is 3.61. The highest BCUT2D eigenvalue weighted by Gasteiger charge is 2.14. The van der Waals surface area contributed by atoms with Crippen LogP contribution < -0.4 is 5.73 Å². The lowest BCUT2D eigenvalue weighted by Gasteiger charge is -2.18. The maximum atomic E-state index is 12.9. The second kappa shape index (κ2) is 4.51. The fraction of sp³-hybridized carbons (Fsp3) is 0.455. The molecule has 0 radical (unpaired) electrons. The molecule has 0 heterocycles. The Labute approximate surface area is 82.9 Å². The largest absolute Gasteiger partial charge is 0.324 e. The first-order chi connectivity index (χ1) is 6.54. The monoisotopic (exact) mass is 199 g/mol. The van der Waals surface area contributed by atoms with Crippen molar-refractivity contribution >= 4 is 0 Å². The Kier molecular flexibility index (Phi) is 3.58. The van der Waals surface area contributed by atoms with Gasteiger partial charge in [-0.2, -0.15) is 0 Å². The van der Waals surface area contributed by atoms with Crippen molar-refractivity contribution in [2.75, 3.05) is 0 Å². The molecule has 2 atom stereocenters. The molecule has 0 amide bonds. The summed E-state index contributed by atoms with van der Waals surface area (Å²) in [5, 5.41) is 0. The van der Waals surface area contributed by atoms with Gasteiger partial charge >= 0.3 is 0 Å². The molecule has 1 aromatic rings. The standard InChI is InChI=1S/C11H15F2N/c1-3-7(2)11(14)8-4-9(12)6-10(13)5-8/h4-7,11H,3,14H2,1-2H3. The average Bonchev–Trinajstić information content (AvgIpc) is 2.14. The fourth-order valence-electron chi connectivity index (χ4n) is 1.35. The van der Waals surface area contributed by atoms with Gasteiger partial charge in [0.1, 0.15) is 11.6 Å². The molecule has 1 aromatic carbocycles. The molecule has 78 valence electrons. The Bertz CT molecular complexity index is 292. The predicted octanol–water partition coefficient (Wildman–Crippen LogP) is 3.01. The SMILES string of the molecule is CCC(C)C(N)c1cc(F)cc(F)c1. The molecule has 1 rings (SSSR count). The van der Waals surface area contributed by atoms with Crippen LogP contribution in [0.15, 0.2) is 18.2 Å². The van der Waals surface area contributed by atoms with Crippen LogP contribution in [-0.2, 0) is 0 Å². The molecule has 3 heteroatoms. The van der Waals surface area contributed by atoms with Gasteiger partial charge in [-0.05, 0) is 23.6 Å². The maximum absolute atomic E-state index is 12.9. The minimum Gasteiger partial charge on any atom is -0.324 e. The summed E-state index contributed by atoms with van der Waals surface area (Å²) >= 11 is 0. The number of benzene rings is 1. The van der Waals surface area contributed by atoms with E-state index >= 15 is 0 Å². The topological polar surface area (TPSA) is 26.0 Å². The van der Waals surface area contributed by atoms with Gasteiger partial charge in [0.2, 0.25) is 0 Å². The van der Waals surface area contributed by atoms with Crippen molar-refractivity contribution in [3.8, 4) is 0 Å². The van der Waals surface area contributed by atoms with E-state index in [2.05, 4.69) is 0 Å². The second-order valence-corrected chi connectivity index (χ2v) is 3.61. The molecule has 0 aliphatic rings. The number of halogens is 2. The molecule has 0 aromatic heterocycles. The molecule has 0 aliphatic heterocycles. The quantitative estimate of drug-likeness (QED) is 0.795. The Morgan fingerprint density at radius 1 is 1.21 bits per heavy atom. The summed E-state index contributed by atoms with van der Waals surface area (Å²) in [4.78, 5) is 0. The van der Waals surface area contributed by atoms with E-state index in [9.17, 15) is 8.78 Å². The lowest BCUT2D eigenvalue weighted by molar-refractivity contribution is 0.451. The van der Waals surface area contributed by atoms with Crippen molar-refractivity contribution < 1.29 is 8.78 Å². The van der Waals surface area contributed by atoms with Gasteiger partial charge in [-0.15, -0.1) is 0 Å². The van der Waals surface area contributed by atoms with Crippen molar-refractivity contribution in [3.05, 3.63) is 35.4 Å². The van der Waals surface area contributed by atoms with E-state index in [1.807, 2.05) is 13.8 Å². The molecule has 0 saturated heterocycles. The van der Waals surface area contributed by atoms with Crippen LogP contribution in [0.3, 0.4) is 0 Å². The molecule has 2 N–H and O–H groups in total. The minimum absolute atomic E-state index is 0.219. The van der Waals surface area contributed by atoms with Gasteiger partial charge in [0.15, 0.2) is 0 Å². The molecular weight excluding hydrogens is 184 g/mol. The molecule has 2 unspecified atom stereocenters. The summed E-state index contributed by atoms with van der Waals surface area (Å²) in [6.45, 7) is 3.97. The van der Waals surface area contributed by atoms with Crippen molar-refractivity contribution in [2.45, 2.75) is 26.3 Å². The molecule has 14 heavy (non-hydrogen) atoms. The minimum atomic E-state index is -0.571. The number of hydrogen-bond acceptors (Lipinski definition) is 1. The van der Waals surface area contributed by atoms with E-state index in [1.165, 1.54) is 12.1 Å². The van der Waals surface area contributed by atoms with Gasteiger partial charge in [-0.1, -0.05) is 20.3 Å². The van der Waals surface area contributed by atoms with Crippen LogP contribution >= 0.6 is 0 Å². The molecular formula is C11H15F2N. The molecule has 1 nitrogen and oxygen atoms in total. The van der Waals surface area contributed by atoms with E-state index < -0.39 is 11.6 Å². The summed E-state index contributed by atoms with van der Waals surface area (Å²) in [5.41, 5.74) is 6.38. The fourth-order valence-corrected chi connectivity index (χ4v) is 1.35. The molecule has 0 saturated carbocycles. The summed E-state index contributed by atoms with van der Waals surface area (Å²) in [5.74, 6) is -0.922. The van der Waals surface area contributed by atoms with E-state index in [1.54, 1.807) is 0 Å². The Morgan fingerprint density at radius 2 is 1.71 bits per heavy atom. The van der Waals surface area contributed by atoms with Crippen LogP contribution in [0.25, 0.3) is 0 Å². The van der Waals surface area contributed by atoms with E-state index in [-0.39, 0.29) is 12.0 Å². The van der Waals surface area contributed by atoms with Gasteiger partial charge < -0.3 is 5.73 Å². The Hall–Kier alpha value is -0.960. The predicted molar refractivity (Wildman–Crippen MR) is 52.7 cm³/mol. The van der Waals surface area contributed by atoms with E-state index in [0.717, 1.165) is 12.5 Å². The summed E-state index contributed by atoms with van der Waals surface area (Å²) in [6, 6.07) is 3.14. The van der Waals surface area contributed by atoms with Crippen LogP contribution in [0.2, 0.25) is 0 Å². The van der Waals surface area contributed by atoms with Crippen molar-refractivity contribution in [3.63, 3.8) is 0 Å². The first-order valence-corrected chi connectivity index (χ1v) is 4.76.